The monoisotopic (exact) mass is 348 g/mol. The zero-order valence-corrected chi connectivity index (χ0v) is 13.6. The Labute approximate surface area is 132 Å². The predicted molar refractivity (Wildman–Crippen MR) is 85.4 cm³/mol. The Morgan fingerprint density at radius 3 is 2.71 bits per heavy atom. The molecule has 0 unspecified atom stereocenters. The van der Waals surface area contributed by atoms with Crippen LogP contribution in [0.5, 0.6) is 5.88 Å². The molecule has 5 heteroatoms. The summed E-state index contributed by atoms with van der Waals surface area (Å²) in [7, 11) is 0. The first kappa shape index (κ1) is 15.5. The molecule has 2 rings (SSSR count). The van der Waals surface area contributed by atoms with Crippen LogP contribution in [-0.4, -0.2) is 17.5 Å². The second-order valence-electron chi connectivity index (χ2n) is 4.54. The van der Waals surface area contributed by atoms with Crippen LogP contribution < -0.4 is 10.1 Å². The summed E-state index contributed by atoms with van der Waals surface area (Å²) in [6.07, 6.45) is 1.61. The van der Waals surface area contributed by atoms with Crippen molar-refractivity contribution < 1.29 is 9.53 Å². The van der Waals surface area contributed by atoms with Gasteiger partial charge in [-0.2, -0.15) is 0 Å². The molecule has 21 heavy (non-hydrogen) atoms. The van der Waals surface area contributed by atoms with Gasteiger partial charge < -0.3 is 10.1 Å². The van der Waals surface area contributed by atoms with Crippen molar-refractivity contribution in [3.63, 3.8) is 0 Å². The van der Waals surface area contributed by atoms with Crippen LogP contribution in [0.2, 0.25) is 0 Å². The number of hydrogen-bond acceptors (Lipinski definition) is 3. The van der Waals surface area contributed by atoms with Crippen molar-refractivity contribution in [2.75, 3.05) is 6.61 Å². The second-order valence-corrected chi connectivity index (χ2v) is 5.45. The van der Waals surface area contributed by atoms with E-state index in [2.05, 4.69) is 26.2 Å². The molecule has 0 aliphatic rings. The summed E-state index contributed by atoms with van der Waals surface area (Å²) < 4.78 is 6.39. The van der Waals surface area contributed by atoms with Crippen molar-refractivity contribution in [2.24, 2.45) is 0 Å². The van der Waals surface area contributed by atoms with E-state index in [9.17, 15) is 4.79 Å². The Kier molecular flexibility index (Phi) is 5.33. The molecule has 1 amide bonds. The standard InChI is InChI=1S/C16H17BrN2O2/c1-3-21-16-14(5-4-10-18-16)15(20)19-11(2)12-6-8-13(17)9-7-12/h4-11H,3H2,1-2H3,(H,19,20)/t11-/m0/s1. The van der Waals surface area contributed by atoms with Gasteiger partial charge in [-0.15, -0.1) is 0 Å². The lowest BCUT2D eigenvalue weighted by Crippen LogP contribution is -2.27. The summed E-state index contributed by atoms with van der Waals surface area (Å²) in [6, 6.07) is 11.2. The molecule has 0 saturated carbocycles. The minimum atomic E-state index is -0.193. The van der Waals surface area contributed by atoms with E-state index >= 15 is 0 Å². The summed E-state index contributed by atoms with van der Waals surface area (Å²) in [5.41, 5.74) is 1.48. The van der Waals surface area contributed by atoms with Gasteiger partial charge in [-0.3, -0.25) is 4.79 Å². The molecule has 0 bridgehead atoms. The first-order valence-electron chi connectivity index (χ1n) is 6.76. The van der Waals surface area contributed by atoms with E-state index in [0.717, 1.165) is 10.0 Å². The van der Waals surface area contributed by atoms with Crippen LogP contribution in [-0.2, 0) is 0 Å². The summed E-state index contributed by atoms with van der Waals surface area (Å²) in [6.45, 7) is 4.28. The molecule has 1 aromatic heterocycles. The molecule has 1 atom stereocenters. The van der Waals surface area contributed by atoms with Crippen molar-refractivity contribution in [1.29, 1.82) is 0 Å². The number of benzene rings is 1. The SMILES string of the molecule is CCOc1ncccc1C(=O)N[C@@H](C)c1ccc(Br)cc1. The molecule has 1 heterocycles. The van der Waals surface area contributed by atoms with E-state index < -0.39 is 0 Å². The van der Waals surface area contributed by atoms with Crippen molar-refractivity contribution >= 4 is 21.8 Å². The van der Waals surface area contributed by atoms with Gasteiger partial charge >= 0.3 is 0 Å². The van der Waals surface area contributed by atoms with E-state index in [1.54, 1.807) is 18.3 Å². The molecule has 4 nitrogen and oxygen atoms in total. The quantitative estimate of drug-likeness (QED) is 0.895. The van der Waals surface area contributed by atoms with Crippen molar-refractivity contribution in [1.82, 2.24) is 10.3 Å². The molecule has 0 radical (unpaired) electrons. The van der Waals surface area contributed by atoms with E-state index in [0.29, 0.717) is 18.1 Å². The van der Waals surface area contributed by atoms with E-state index in [1.807, 2.05) is 38.1 Å². The fraction of sp³-hybridized carbons (Fsp3) is 0.250. The van der Waals surface area contributed by atoms with E-state index in [1.165, 1.54) is 0 Å². The molecule has 1 N–H and O–H groups in total. The highest BCUT2D eigenvalue weighted by atomic mass is 79.9. The van der Waals surface area contributed by atoms with Gasteiger partial charge in [-0.05, 0) is 43.7 Å². The lowest BCUT2D eigenvalue weighted by molar-refractivity contribution is 0.0935. The Hall–Kier alpha value is -1.88. The molecule has 2 aromatic rings. The summed E-state index contributed by atoms with van der Waals surface area (Å²) >= 11 is 3.40. The zero-order valence-electron chi connectivity index (χ0n) is 12.0. The number of halogens is 1. The fourth-order valence-electron chi connectivity index (χ4n) is 1.92. The Balaban J connectivity index is 2.12. The Bertz CT molecular complexity index is 614. The van der Waals surface area contributed by atoms with Gasteiger partial charge in [0.1, 0.15) is 5.56 Å². The fourth-order valence-corrected chi connectivity index (χ4v) is 2.19. The van der Waals surface area contributed by atoms with Crippen LogP contribution in [0, 0.1) is 0 Å². The van der Waals surface area contributed by atoms with Crippen molar-refractivity contribution in [2.45, 2.75) is 19.9 Å². The Morgan fingerprint density at radius 2 is 2.05 bits per heavy atom. The van der Waals surface area contributed by atoms with Gasteiger partial charge in [0, 0.05) is 10.7 Å². The highest BCUT2D eigenvalue weighted by Crippen LogP contribution is 2.19. The minimum Gasteiger partial charge on any atom is -0.477 e. The zero-order chi connectivity index (χ0) is 15.2. The molecule has 0 fully saturated rings. The molecule has 0 aliphatic heterocycles. The average Bonchev–Trinajstić information content (AvgIpc) is 2.48. The molecule has 110 valence electrons. The van der Waals surface area contributed by atoms with Crippen LogP contribution in [0.3, 0.4) is 0 Å². The van der Waals surface area contributed by atoms with Crippen molar-refractivity contribution in [3.8, 4) is 5.88 Å². The number of rotatable bonds is 5. The van der Waals surface area contributed by atoms with E-state index in [-0.39, 0.29) is 11.9 Å². The summed E-state index contributed by atoms with van der Waals surface area (Å²) in [5, 5.41) is 2.96. The third kappa shape index (κ3) is 4.04. The smallest absolute Gasteiger partial charge is 0.257 e. The molecule has 1 aromatic carbocycles. The second kappa shape index (κ2) is 7.22. The maximum absolute atomic E-state index is 12.4. The molecule has 0 aliphatic carbocycles. The highest BCUT2D eigenvalue weighted by molar-refractivity contribution is 9.10. The average molecular weight is 349 g/mol. The first-order valence-corrected chi connectivity index (χ1v) is 7.55. The number of nitrogens with one attached hydrogen (secondary N) is 1. The topological polar surface area (TPSA) is 51.2 Å². The van der Waals surface area contributed by atoms with Crippen LogP contribution in [0.1, 0.15) is 35.8 Å². The maximum atomic E-state index is 12.4. The minimum absolute atomic E-state index is 0.0970. The van der Waals surface area contributed by atoms with Crippen LogP contribution >= 0.6 is 15.9 Å². The number of aromatic nitrogens is 1. The number of pyridine rings is 1. The molecular formula is C16H17BrN2O2. The number of nitrogens with zero attached hydrogens (tertiary/aromatic N) is 1. The molecule has 0 spiro atoms. The highest BCUT2D eigenvalue weighted by Gasteiger charge is 2.16. The third-order valence-electron chi connectivity index (χ3n) is 3.01. The number of carbonyl (C=O) groups excluding carboxylic acids is 1. The van der Waals surface area contributed by atoms with Gasteiger partial charge in [0.2, 0.25) is 5.88 Å². The van der Waals surface area contributed by atoms with Gasteiger partial charge in [-0.1, -0.05) is 28.1 Å². The molecular weight excluding hydrogens is 332 g/mol. The number of carbonyl (C=O) groups is 1. The van der Waals surface area contributed by atoms with Crippen LogP contribution in [0.4, 0.5) is 0 Å². The van der Waals surface area contributed by atoms with Crippen LogP contribution in [0.25, 0.3) is 0 Å². The number of ether oxygens (including phenoxy) is 1. The largest absolute Gasteiger partial charge is 0.477 e. The van der Waals surface area contributed by atoms with Gasteiger partial charge in [-0.25, -0.2) is 4.98 Å². The number of amides is 1. The normalized spacial score (nSPS) is 11.8. The van der Waals surface area contributed by atoms with Gasteiger partial charge in [0.15, 0.2) is 0 Å². The third-order valence-corrected chi connectivity index (χ3v) is 3.54. The molecule has 0 saturated heterocycles. The van der Waals surface area contributed by atoms with Gasteiger partial charge in [0.25, 0.3) is 5.91 Å². The Morgan fingerprint density at radius 1 is 1.33 bits per heavy atom. The van der Waals surface area contributed by atoms with Gasteiger partial charge in [0.05, 0.1) is 12.6 Å². The lowest BCUT2D eigenvalue weighted by atomic mass is 10.1. The summed E-state index contributed by atoms with van der Waals surface area (Å²) in [5.74, 6) is 0.169. The van der Waals surface area contributed by atoms with Crippen molar-refractivity contribution in [3.05, 3.63) is 58.2 Å². The predicted octanol–water partition coefficient (Wildman–Crippen LogP) is 3.73. The van der Waals surface area contributed by atoms with E-state index in [4.69, 9.17) is 4.74 Å². The first-order chi connectivity index (χ1) is 10.1. The lowest BCUT2D eigenvalue weighted by Gasteiger charge is -2.15. The van der Waals surface area contributed by atoms with Crippen LogP contribution in [0.15, 0.2) is 47.1 Å². The maximum Gasteiger partial charge on any atom is 0.257 e. The summed E-state index contributed by atoms with van der Waals surface area (Å²) in [4.78, 5) is 16.4. The number of hydrogen-bond donors (Lipinski definition) is 1.